The van der Waals surface area contributed by atoms with Crippen LogP contribution >= 0.6 is 23.2 Å². The Labute approximate surface area is 59.7 Å². The summed E-state index contributed by atoms with van der Waals surface area (Å²) in [5.74, 6) is 1.11. The van der Waals surface area contributed by atoms with Crippen molar-refractivity contribution in [3.05, 3.63) is 0 Å². The van der Waals surface area contributed by atoms with Gasteiger partial charge in [0.1, 0.15) is 0 Å². The first-order chi connectivity index (χ1) is 3.33. The van der Waals surface area contributed by atoms with E-state index in [2.05, 4.69) is 0 Å². The summed E-state index contributed by atoms with van der Waals surface area (Å²) in [5, 5.41) is 7.57. The van der Waals surface area contributed by atoms with Crippen molar-refractivity contribution < 1.29 is 10.6 Å². The Bertz CT molecular complexity index is 19.5. The number of aliphatic hydroxyl groups is 1. The predicted molar refractivity (Wildman–Crippen MR) is 37.8 cm³/mol. The standard InChI is InChI=1S/C2H4Cl2.C2H6O.H2O/c3-1-2-4;1-2-3;/h1-2H2;3H,2H2,1H3;1H2. The van der Waals surface area contributed by atoms with E-state index < -0.39 is 0 Å². The molecule has 0 aromatic heterocycles. The topological polar surface area (TPSA) is 51.7 Å². The molecule has 0 spiro atoms. The Morgan fingerprint density at radius 3 is 1.38 bits per heavy atom. The van der Waals surface area contributed by atoms with E-state index in [9.17, 15) is 0 Å². The summed E-state index contributed by atoms with van der Waals surface area (Å²) in [5.41, 5.74) is 0. The Balaban J connectivity index is -0.0000000575. The van der Waals surface area contributed by atoms with Crippen LogP contribution in [0, 0.1) is 0 Å². The summed E-state index contributed by atoms with van der Waals surface area (Å²) in [6.45, 7) is 1.93. The molecule has 2 nitrogen and oxygen atoms in total. The van der Waals surface area contributed by atoms with Crippen LogP contribution in [0.25, 0.3) is 0 Å². The number of aliphatic hydroxyl groups excluding tert-OH is 1. The monoisotopic (exact) mass is 162 g/mol. The van der Waals surface area contributed by atoms with Gasteiger partial charge in [-0.05, 0) is 6.92 Å². The van der Waals surface area contributed by atoms with Crippen LogP contribution in [-0.2, 0) is 0 Å². The van der Waals surface area contributed by atoms with Crippen LogP contribution in [0.1, 0.15) is 6.92 Å². The largest absolute Gasteiger partial charge is 0.412 e. The zero-order chi connectivity index (χ0) is 6.12. The second kappa shape index (κ2) is 25.9. The first-order valence-electron chi connectivity index (χ1n) is 2.06. The number of alkyl halides is 2. The molecule has 0 bridgehead atoms. The first kappa shape index (κ1) is 15.8. The summed E-state index contributed by atoms with van der Waals surface area (Å²) < 4.78 is 0. The molecule has 0 aliphatic rings. The number of hydrogen-bond donors (Lipinski definition) is 1. The van der Waals surface area contributed by atoms with Crippen molar-refractivity contribution in [3.63, 3.8) is 0 Å². The quantitative estimate of drug-likeness (QED) is 0.566. The molecule has 4 heteroatoms. The Hall–Kier alpha value is 0.500. The van der Waals surface area contributed by atoms with Gasteiger partial charge in [0.25, 0.3) is 0 Å². The average molecular weight is 163 g/mol. The van der Waals surface area contributed by atoms with Gasteiger partial charge in [-0.1, -0.05) is 0 Å². The second-order valence-electron chi connectivity index (χ2n) is 0.694. The smallest absolute Gasteiger partial charge is 0.0402 e. The summed E-state index contributed by atoms with van der Waals surface area (Å²) in [6.07, 6.45) is 0. The first-order valence-corrected chi connectivity index (χ1v) is 3.13. The van der Waals surface area contributed by atoms with Crippen molar-refractivity contribution in [2.45, 2.75) is 6.92 Å². The van der Waals surface area contributed by atoms with E-state index in [1.165, 1.54) is 0 Å². The second-order valence-corrected chi connectivity index (χ2v) is 1.45. The molecule has 0 rings (SSSR count). The fourth-order valence-electron chi connectivity index (χ4n) is 0. The van der Waals surface area contributed by atoms with Gasteiger partial charge in [0.15, 0.2) is 0 Å². The molecule has 0 heterocycles. The third kappa shape index (κ3) is 87.4. The van der Waals surface area contributed by atoms with E-state index in [1.54, 1.807) is 6.92 Å². The number of hydrogen-bond acceptors (Lipinski definition) is 1. The molecule has 0 unspecified atom stereocenters. The lowest BCUT2D eigenvalue weighted by atomic mass is 10.9. The fraction of sp³-hybridized carbons (Fsp3) is 1.00. The minimum atomic E-state index is 0. The van der Waals surface area contributed by atoms with E-state index in [0.717, 1.165) is 0 Å². The summed E-state index contributed by atoms with van der Waals surface area (Å²) in [4.78, 5) is 0. The minimum absolute atomic E-state index is 0. The maximum atomic E-state index is 7.57. The normalized spacial score (nSPS) is 6.00. The van der Waals surface area contributed by atoms with Gasteiger partial charge in [-0.25, -0.2) is 0 Å². The van der Waals surface area contributed by atoms with Gasteiger partial charge in [0.2, 0.25) is 0 Å². The van der Waals surface area contributed by atoms with E-state index in [1.807, 2.05) is 0 Å². The van der Waals surface area contributed by atoms with Crippen LogP contribution < -0.4 is 0 Å². The van der Waals surface area contributed by atoms with Crippen LogP contribution in [0.4, 0.5) is 0 Å². The molecule has 8 heavy (non-hydrogen) atoms. The van der Waals surface area contributed by atoms with Crippen LogP contribution in [-0.4, -0.2) is 28.9 Å². The third-order valence-corrected chi connectivity index (χ3v) is 0.643. The molecule has 0 aromatic carbocycles. The van der Waals surface area contributed by atoms with E-state index in [0.29, 0.717) is 11.8 Å². The average Bonchev–Trinajstić information content (AvgIpc) is 1.69. The molecular weight excluding hydrogens is 151 g/mol. The lowest BCUT2D eigenvalue weighted by Gasteiger charge is -1.63. The van der Waals surface area contributed by atoms with Crippen molar-refractivity contribution in [3.8, 4) is 0 Å². The Kier molecular flexibility index (Phi) is 51.1. The van der Waals surface area contributed by atoms with Crippen molar-refractivity contribution in [2.75, 3.05) is 18.4 Å². The molecule has 0 fully saturated rings. The molecule has 0 aliphatic carbocycles. The van der Waals surface area contributed by atoms with Crippen LogP contribution in [0.3, 0.4) is 0 Å². The predicted octanol–water partition coefficient (Wildman–Crippen LogP) is 0.638. The molecule has 0 radical (unpaired) electrons. The van der Waals surface area contributed by atoms with Crippen molar-refractivity contribution in [1.82, 2.24) is 0 Å². The van der Waals surface area contributed by atoms with Crippen molar-refractivity contribution in [2.24, 2.45) is 0 Å². The Morgan fingerprint density at radius 2 is 1.38 bits per heavy atom. The molecule has 0 saturated carbocycles. The van der Waals surface area contributed by atoms with E-state index in [4.69, 9.17) is 28.3 Å². The molecule has 0 aromatic rings. The summed E-state index contributed by atoms with van der Waals surface area (Å²) in [7, 11) is 0. The number of halogens is 2. The van der Waals surface area contributed by atoms with Gasteiger partial charge in [-0.3, -0.25) is 0 Å². The highest BCUT2D eigenvalue weighted by atomic mass is 35.5. The zero-order valence-corrected chi connectivity index (χ0v) is 6.34. The van der Waals surface area contributed by atoms with Crippen molar-refractivity contribution in [1.29, 1.82) is 0 Å². The zero-order valence-electron chi connectivity index (χ0n) is 4.82. The molecule has 54 valence electrons. The highest BCUT2D eigenvalue weighted by molar-refractivity contribution is 6.25. The minimum Gasteiger partial charge on any atom is -0.412 e. The molecule has 0 atom stereocenters. The van der Waals surface area contributed by atoms with Crippen LogP contribution in [0.2, 0.25) is 0 Å². The molecule has 0 amide bonds. The van der Waals surface area contributed by atoms with Gasteiger partial charge in [0.05, 0.1) is 0 Å². The maximum absolute atomic E-state index is 7.57. The van der Waals surface area contributed by atoms with Crippen molar-refractivity contribution >= 4 is 23.2 Å². The highest BCUT2D eigenvalue weighted by Gasteiger charge is 1.61. The van der Waals surface area contributed by atoms with Gasteiger partial charge in [0, 0.05) is 18.4 Å². The van der Waals surface area contributed by atoms with Gasteiger partial charge >= 0.3 is 0 Å². The molecule has 0 aliphatic heterocycles. The third-order valence-electron chi connectivity index (χ3n) is 0.0714. The summed E-state index contributed by atoms with van der Waals surface area (Å²) >= 11 is 10.1. The van der Waals surface area contributed by atoms with Gasteiger partial charge in [-0.2, -0.15) is 0 Å². The molecular formula is C4H12Cl2O2. The molecule has 3 N–H and O–H groups in total. The van der Waals surface area contributed by atoms with Gasteiger partial charge < -0.3 is 10.6 Å². The lowest BCUT2D eigenvalue weighted by molar-refractivity contribution is 0.318. The molecule has 0 saturated heterocycles. The number of rotatable bonds is 1. The maximum Gasteiger partial charge on any atom is 0.0402 e. The van der Waals surface area contributed by atoms with Crippen LogP contribution in [0.5, 0.6) is 0 Å². The fourth-order valence-corrected chi connectivity index (χ4v) is 0. The van der Waals surface area contributed by atoms with E-state index >= 15 is 0 Å². The highest BCUT2D eigenvalue weighted by Crippen LogP contribution is 1.75. The van der Waals surface area contributed by atoms with Gasteiger partial charge in [-0.15, -0.1) is 23.2 Å². The SMILES string of the molecule is CCO.ClCCCl.O. The Morgan fingerprint density at radius 1 is 1.25 bits per heavy atom. The summed E-state index contributed by atoms with van der Waals surface area (Å²) in [6, 6.07) is 0. The van der Waals surface area contributed by atoms with E-state index in [-0.39, 0.29) is 12.1 Å². The van der Waals surface area contributed by atoms with Crippen LogP contribution in [0.15, 0.2) is 0 Å². The lowest BCUT2D eigenvalue weighted by Crippen LogP contribution is -1.63.